The maximum atomic E-state index is 12.2. The van der Waals surface area contributed by atoms with Gasteiger partial charge in [0.2, 0.25) is 0 Å². The summed E-state index contributed by atoms with van der Waals surface area (Å²) < 4.78 is 11.2. The van der Waals surface area contributed by atoms with E-state index in [4.69, 9.17) is 9.47 Å². The normalized spacial score (nSPS) is 26.3. The molecule has 0 amide bonds. The summed E-state index contributed by atoms with van der Waals surface area (Å²) in [7, 11) is 0. The van der Waals surface area contributed by atoms with Gasteiger partial charge in [-0.1, -0.05) is 6.92 Å². The van der Waals surface area contributed by atoms with Crippen LogP contribution in [0.15, 0.2) is 0 Å². The minimum atomic E-state index is -0.757. The lowest BCUT2D eigenvalue weighted by Gasteiger charge is -2.33. The first kappa shape index (κ1) is 17.4. The molecule has 1 fully saturated rings. The van der Waals surface area contributed by atoms with E-state index in [2.05, 4.69) is 12.2 Å². The molecule has 1 atom stereocenters. The Morgan fingerprint density at radius 2 is 1.90 bits per heavy atom. The number of esters is 1. The van der Waals surface area contributed by atoms with Crippen LogP contribution in [0.5, 0.6) is 0 Å². The first-order valence-corrected chi connectivity index (χ1v) is 7.94. The molecule has 0 spiro atoms. The Bertz CT molecular complexity index is 298. The van der Waals surface area contributed by atoms with E-state index < -0.39 is 5.54 Å². The number of nitrogens with one attached hydrogen (secondary N) is 1. The average molecular weight is 285 g/mol. The van der Waals surface area contributed by atoms with Crippen molar-refractivity contribution in [1.29, 1.82) is 0 Å². The van der Waals surface area contributed by atoms with E-state index in [1.807, 2.05) is 27.7 Å². The molecule has 0 aliphatic heterocycles. The SMILES string of the molecule is CCOC(=O)C(C)(COC1CCC(C)CC1)NC(C)C. The van der Waals surface area contributed by atoms with Gasteiger partial charge in [-0.2, -0.15) is 0 Å². The highest BCUT2D eigenvalue weighted by atomic mass is 16.5. The fraction of sp³-hybridized carbons (Fsp3) is 0.938. The second-order valence-corrected chi connectivity index (χ2v) is 6.54. The van der Waals surface area contributed by atoms with Gasteiger partial charge in [-0.25, -0.2) is 4.79 Å². The summed E-state index contributed by atoms with van der Waals surface area (Å²) in [5.41, 5.74) is -0.757. The van der Waals surface area contributed by atoms with Gasteiger partial charge >= 0.3 is 5.97 Å². The molecule has 0 aromatic heterocycles. The zero-order chi connectivity index (χ0) is 15.2. The molecule has 0 saturated heterocycles. The summed E-state index contributed by atoms with van der Waals surface area (Å²) in [5, 5.41) is 3.29. The topological polar surface area (TPSA) is 47.6 Å². The third kappa shape index (κ3) is 5.41. The molecular formula is C16H31NO3. The Labute approximate surface area is 123 Å². The number of carbonyl (C=O) groups excluding carboxylic acids is 1. The summed E-state index contributed by atoms with van der Waals surface area (Å²) in [6, 6.07) is 0.208. The quantitative estimate of drug-likeness (QED) is 0.731. The Morgan fingerprint density at radius 1 is 1.30 bits per heavy atom. The number of ether oxygens (including phenoxy) is 2. The standard InChI is InChI=1S/C16H31NO3/c1-6-19-15(18)16(5,17-12(2)3)11-20-14-9-7-13(4)8-10-14/h12-14,17H,6-11H2,1-5H3. The number of rotatable bonds is 7. The lowest BCUT2D eigenvalue weighted by molar-refractivity contribution is -0.155. The van der Waals surface area contributed by atoms with E-state index >= 15 is 0 Å². The van der Waals surface area contributed by atoms with E-state index in [1.54, 1.807) is 0 Å². The number of carbonyl (C=O) groups is 1. The molecule has 118 valence electrons. The van der Waals surface area contributed by atoms with E-state index in [0.29, 0.717) is 13.2 Å². The van der Waals surface area contributed by atoms with Gasteiger partial charge in [-0.3, -0.25) is 5.32 Å². The Balaban J connectivity index is 2.53. The minimum absolute atomic E-state index is 0.208. The van der Waals surface area contributed by atoms with Crippen molar-refractivity contribution in [3.05, 3.63) is 0 Å². The Hall–Kier alpha value is -0.610. The van der Waals surface area contributed by atoms with Crippen LogP contribution >= 0.6 is 0 Å². The maximum absolute atomic E-state index is 12.2. The Kier molecular flexibility index (Phi) is 6.96. The van der Waals surface area contributed by atoms with Crippen molar-refractivity contribution < 1.29 is 14.3 Å². The first-order valence-electron chi connectivity index (χ1n) is 7.94. The van der Waals surface area contributed by atoms with Crippen LogP contribution in [-0.2, 0) is 14.3 Å². The van der Waals surface area contributed by atoms with Gasteiger partial charge in [0.25, 0.3) is 0 Å². The van der Waals surface area contributed by atoms with Crippen LogP contribution in [0.2, 0.25) is 0 Å². The molecule has 1 aliphatic rings. The molecule has 1 unspecified atom stereocenters. The second kappa shape index (κ2) is 7.99. The van der Waals surface area contributed by atoms with Gasteiger partial charge < -0.3 is 9.47 Å². The molecule has 1 aliphatic carbocycles. The van der Waals surface area contributed by atoms with Crippen LogP contribution in [0.1, 0.15) is 60.3 Å². The van der Waals surface area contributed by atoms with Crippen LogP contribution in [0, 0.1) is 5.92 Å². The molecule has 1 rings (SSSR count). The Morgan fingerprint density at radius 3 is 2.40 bits per heavy atom. The lowest BCUT2D eigenvalue weighted by Crippen LogP contribution is -2.56. The zero-order valence-corrected chi connectivity index (χ0v) is 13.7. The molecule has 4 nitrogen and oxygen atoms in total. The highest BCUT2D eigenvalue weighted by Crippen LogP contribution is 2.26. The monoisotopic (exact) mass is 285 g/mol. The van der Waals surface area contributed by atoms with Gasteiger partial charge in [0, 0.05) is 6.04 Å². The van der Waals surface area contributed by atoms with Crippen molar-refractivity contribution in [3.63, 3.8) is 0 Å². The summed E-state index contributed by atoms with van der Waals surface area (Å²) in [6.45, 7) is 10.8. The van der Waals surface area contributed by atoms with Crippen molar-refractivity contribution in [2.75, 3.05) is 13.2 Å². The lowest BCUT2D eigenvalue weighted by atomic mass is 9.89. The second-order valence-electron chi connectivity index (χ2n) is 6.54. The van der Waals surface area contributed by atoms with Crippen LogP contribution < -0.4 is 5.32 Å². The summed E-state index contributed by atoms with van der Waals surface area (Å²) in [6.07, 6.45) is 4.93. The van der Waals surface area contributed by atoms with Gasteiger partial charge in [-0.15, -0.1) is 0 Å². The largest absolute Gasteiger partial charge is 0.465 e. The fourth-order valence-corrected chi connectivity index (χ4v) is 2.77. The molecular weight excluding hydrogens is 254 g/mol. The third-order valence-corrected chi connectivity index (χ3v) is 3.90. The summed E-state index contributed by atoms with van der Waals surface area (Å²) in [4.78, 5) is 12.2. The molecule has 1 saturated carbocycles. The van der Waals surface area contributed by atoms with Crippen LogP contribution in [0.4, 0.5) is 0 Å². The van der Waals surface area contributed by atoms with E-state index in [0.717, 1.165) is 18.8 Å². The van der Waals surface area contributed by atoms with Crippen molar-refractivity contribution in [3.8, 4) is 0 Å². The van der Waals surface area contributed by atoms with Crippen molar-refractivity contribution in [2.24, 2.45) is 5.92 Å². The van der Waals surface area contributed by atoms with Crippen molar-refractivity contribution >= 4 is 5.97 Å². The highest BCUT2D eigenvalue weighted by molar-refractivity contribution is 5.80. The fourth-order valence-electron chi connectivity index (χ4n) is 2.77. The van der Waals surface area contributed by atoms with Crippen molar-refractivity contribution in [2.45, 2.75) is 78.0 Å². The third-order valence-electron chi connectivity index (χ3n) is 3.90. The molecule has 20 heavy (non-hydrogen) atoms. The summed E-state index contributed by atoms with van der Waals surface area (Å²) >= 11 is 0. The molecule has 0 heterocycles. The maximum Gasteiger partial charge on any atom is 0.328 e. The predicted octanol–water partition coefficient (Wildman–Crippen LogP) is 2.90. The highest BCUT2D eigenvalue weighted by Gasteiger charge is 2.36. The van der Waals surface area contributed by atoms with E-state index in [9.17, 15) is 4.79 Å². The summed E-state index contributed by atoms with van der Waals surface area (Å²) in [5.74, 6) is 0.581. The van der Waals surface area contributed by atoms with Gasteiger partial charge in [-0.05, 0) is 59.3 Å². The molecule has 1 N–H and O–H groups in total. The average Bonchev–Trinajstić information content (AvgIpc) is 2.37. The van der Waals surface area contributed by atoms with Crippen LogP contribution in [-0.4, -0.2) is 36.9 Å². The first-order chi connectivity index (χ1) is 9.37. The minimum Gasteiger partial charge on any atom is -0.465 e. The predicted molar refractivity (Wildman–Crippen MR) is 80.7 cm³/mol. The van der Waals surface area contributed by atoms with Crippen LogP contribution in [0.25, 0.3) is 0 Å². The number of hydrogen-bond acceptors (Lipinski definition) is 4. The molecule has 0 aromatic carbocycles. The molecule has 0 radical (unpaired) electrons. The van der Waals surface area contributed by atoms with Gasteiger partial charge in [0.1, 0.15) is 5.54 Å². The van der Waals surface area contributed by atoms with E-state index in [1.165, 1.54) is 12.8 Å². The van der Waals surface area contributed by atoms with Gasteiger partial charge in [0.15, 0.2) is 0 Å². The zero-order valence-electron chi connectivity index (χ0n) is 13.7. The van der Waals surface area contributed by atoms with E-state index in [-0.39, 0.29) is 18.1 Å². The van der Waals surface area contributed by atoms with Gasteiger partial charge in [0.05, 0.1) is 19.3 Å². The number of hydrogen-bond donors (Lipinski definition) is 1. The smallest absolute Gasteiger partial charge is 0.328 e. The molecule has 4 heteroatoms. The van der Waals surface area contributed by atoms with Crippen molar-refractivity contribution in [1.82, 2.24) is 5.32 Å². The molecule has 0 bridgehead atoms. The van der Waals surface area contributed by atoms with Crippen LogP contribution in [0.3, 0.4) is 0 Å². The molecule has 0 aromatic rings.